The highest BCUT2D eigenvalue weighted by Gasteiger charge is 2.40. The molecule has 19 heavy (non-hydrogen) atoms. The summed E-state index contributed by atoms with van der Waals surface area (Å²) in [5.41, 5.74) is 0.528. The average Bonchev–Trinajstić information content (AvgIpc) is 3.13. The summed E-state index contributed by atoms with van der Waals surface area (Å²) in [6.45, 7) is 5.26. The normalized spacial score (nSPS) is 16.0. The largest absolute Gasteiger partial charge is 0.467 e. The Morgan fingerprint density at radius 3 is 2.47 bits per heavy atom. The summed E-state index contributed by atoms with van der Waals surface area (Å²) in [5, 5.41) is 0. The molecule has 0 saturated heterocycles. The van der Waals surface area contributed by atoms with Gasteiger partial charge < -0.3 is 14.1 Å². The number of furan rings is 1. The van der Waals surface area contributed by atoms with E-state index in [-0.39, 0.29) is 11.9 Å². The van der Waals surface area contributed by atoms with Crippen LogP contribution in [0.1, 0.15) is 41.6 Å². The zero-order chi connectivity index (χ0) is 14.2. The molecule has 1 heterocycles. The Hall–Kier alpha value is -1.78. The zero-order valence-electron chi connectivity index (χ0n) is 11.7. The Morgan fingerprint density at radius 2 is 2.05 bits per heavy atom. The number of hydrogen-bond donors (Lipinski definition) is 0. The number of carbonyl (C=O) groups is 2. The van der Waals surface area contributed by atoms with Crippen molar-refractivity contribution in [3.8, 4) is 0 Å². The highest BCUT2D eigenvalue weighted by molar-refractivity contribution is 5.98. The molecule has 0 bridgehead atoms. The lowest BCUT2D eigenvalue weighted by molar-refractivity contribution is -0.145. The smallest absolute Gasteiger partial charge is 0.328 e. The molecule has 1 fully saturated rings. The number of methoxy groups -OCH3 is 1. The Balaban J connectivity index is 2.27. The molecule has 0 N–H and O–H groups in total. The Morgan fingerprint density at radius 1 is 1.42 bits per heavy atom. The van der Waals surface area contributed by atoms with Crippen molar-refractivity contribution in [3.63, 3.8) is 0 Å². The molecule has 1 amide bonds. The van der Waals surface area contributed by atoms with Crippen molar-refractivity contribution in [1.29, 1.82) is 0 Å². The van der Waals surface area contributed by atoms with E-state index in [4.69, 9.17) is 9.15 Å². The van der Waals surface area contributed by atoms with Crippen LogP contribution in [0.2, 0.25) is 0 Å². The Bertz CT molecular complexity index is 502. The number of nitrogens with zero attached hydrogens (tertiary/aromatic N) is 1. The molecule has 1 aromatic heterocycles. The third-order valence-corrected chi connectivity index (χ3v) is 3.41. The second kappa shape index (κ2) is 5.07. The molecule has 0 spiro atoms. The summed E-state index contributed by atoms with van der Waals surface area (Å²) in [6, 6.07) is 1.28. The monoisotopic (exact) mass is 265 g/mol. The molecule has 5 nitrogen and oxygen atoms in total. The maximum Gasteiger partial charge on any atom is 0.328 e. The van der Waals surface area contributed by atoms with E-state index in [0.717, 1.165) is 12.8 Å². The van der Waals surface area contributed by atoms with E-state index >= 15 is 0 Å². The fraction of sp³-hybridized carbons (Fsp3) is 0.571. The standard InChI is InChI=1S/C14H19NO4/c1-8-7-12(10(3)19-8)13(16)15(11-5-6-11)9(2)14(17)18-4/h7,9,11H,5-6H2,1-4H3. The van der Waals surface area contributed by atoms with Gasteiger partial charge in [-0.05, 0) is 39.7 Å². The van der Waals surface area contributed by atoms with Gasteiger partial charge in [-0.1, -0.05) is 0 Å². The first-order valence-corrected chi connectivity index (χ1v) is 6.43. The molecule has 0 aromatic carbocycles. The lowest BCUT2D eigenvalue weighted by atomic mass is 10.1. The van der Waals surface area contributed by atoms with Crippen LogP contribution in [-0.4, -0.2) is 36.0 Å². The van der Waals surface area contributed by atoms with Gasteiger partial charge in [0.25, 0.3) is 5.91 Å². The second-order valence-corrected chi connectivity index (χ2v) is 4.97. The number of carbonyl (C=O) groups excluding carboxylic acids is 2. The SMILES string of the molecule is COC(=O)C(C)N(C(=O)c1cc(C)oc1C)C1CC1. The first-order valence-electron chi connectivity index (χ1n) is 6.43. The summed E-state index contributed by atoms with van der Waals surface area (Å²) in [7, 11) is 1.33. The summed E-state index contributed by atoms with van der Waals surface area (Å²) in [6.07, 6.45) is 1.87. The number of ether oxygens (including phenoxy) is 1. The van der Waals surface area contributed by atoms with Crippen LogP contribution in [0.25, 0.3) is 0 Å². The molecule has 1 unspecified atom stereocenters. The zero-order valence-corrected chi connectivity index (χ0v) is 11.7. The number of rotatable bonds is 4. The maximum atomic E-state index is 12.6. The van der Waals surface area contributed by atoms with Gasteiger partial charge in [-0.25, -0.2) is 4.79 Å². The highest BCUT2D eigenvalue weighted by atomic mass is 16.5. The van der Waals surface area contributed by atoms with Gasteiger partial charge in [0, 0.05) is 6.04 Å². The first kappa shape index (κ1) is 13.6. The van der Waals surface area contributed by atoms with Crippen molar-refractivity contribution in [2.75, 3.05) is 7.11 Å². The Labute approximate surface area is 112 Å². The van der Waals surface area contributed by atoms with E-state index in [1.165, 1.54) is 7.11 Å². The van der Waals surface area contributed by atoms with E-state index < -0.39 is 12.0 Å². The van der Waals surface area contributed by atoms with Crippen LogP contribution in [0.15, 0.2) is 10.5 Å². The maximum absolute atomic E-state index is 12.6. The van der Waals surface area contributed by atoms with Crippen LogP contribution in [0.4, 0.5) is 0 Å². The summed E-state index contributed by atoms with van der Waals surface area (Å²) in [5.74, 6) is 0.736. The number of amides is 1. The topological polar surface area (TPSA) is 59.8 Å². The van der Waals surface area contributed by atoms with Crippen LogP contribution in [0.5, 0.6) is 0 Å². The van der Waals surface area contributed by atoms with Gasteiger partial charge in [0.1, 0.15) is 17.6 Å². The molecule has 1 aliphatic rings. The van der Waals surface area contributed by atoms with Gasteiger partial charge in [-0.2, -0.15) is 0 Å². The van der Waals surface area contributed by atoms with Crippen molar-refractivity contribution in [2.45, 2.75) is 45.7 Å². The molecular weight excluding hydrogens is 246 g/mol. The molecule has 2 rings (SSSR count). The number of esters is 1. The van der Waals surface area contributed by atoms with Crippen molar-refractivity contribution in [3.05, 3.63) is 23.2 Å². The minimum atomic E-state index is -0.570. The van der Waals surface area contributed by atoms with Crippen molar-refractivity contribution >= 4 is 11.9 Å². The molecule has 1 aliphatic carbocycles. The molecular formula is C14H19NO4. The fourth-order valence-corrected chi connectivity index (χ4v) is 2.28. The van der Waals surface area contributed by atoms with Crippen molar-refractivity contribution in [2.24, 2.45) is 0 Å². The van der Waals surface area contributed by atoms with Crippen molar-refractivity contribution < 1.29 is 18.7 Å². The molecule has 104 valence electrons. The van der Waals surface area contributed by atoms with E-state index in [1.54, 1.807) is 31.7 Å². The van der Waals surface area contributed by atoms with Crippen molar-refractivity contribution in [1.82, 2.24) is 4.90 Å². The van der Waals surface area contributed by atoms with Gasteiger partial charge >= 0.3 is 5.97 Å². The minimum absolute atomic E-state index is 0.135. The lowest BCUT2D eigenvalue weighted by Crippen LogP contribution is -2.45. The minimum Gasteiger partial charge on any atom is -0.467 e. The van der Waals surface area contributed by atoms with E-state index in [0.29, 0.717) is 17.1 Å². The predicted octanol–water partition coefficient (Wildman–Crippen LogP) is 2.06. The van der Waals surface area contributed by atoms with Gasteiger partial charge in [-0.3, -0.25) is 4.79 Å². The average molecular weight is 265 g/mol. The molecule has 5 heteroatoms. The molecule has 1 saturated carbocycles. The summed E-state index contributed by atoms with van der Waals surface area (Å²) < 4.78 is 10.1. The summed E-state index contributed by atoms with van der Waals surface area (Å²) >= 11 is 0. The van der Waals surface area contributed by atoms with Gasteiger partial charge in [-0.15, -0.1) is 0 Å². The van der Waals surface area contributed by atoms with Crippen LogP contribution in [-0.2, 0) is 9.53 Å². The fourth-order valence-electron chi connectivity index (χ4n) is 2.28. The molecule has 0 aliphatic heterocycles. The first-order chi connectivity index (χ1) is 8.95. The van der Waals surface area contributed by atoms with Crippen LogP contribution in [0, 0.1) is 13.8 Å². The Kier molecular flexibility index (Phi) is 3.64. The molecule has 0 radical (unpaired) electrons. The van der Waals surface area contributed by atoms with Crippen LogP contribution >= 0.6 is 0 Å². The van der Waals surface area contributed by atoms with Crippen LogP contribution in [0.3, 0.4) is 0 Å². The number of hydrogen-bond acceptors (Lipinski definition) is 4. The molecule has 1 aromatic rings. The summed E-state index contributed by atoms with van der Waals surface area (Å²) in [4.78, 5) is 25.9. The predicted molar refractivity (Wildman–Crippen MR) is 68.9 cm³/mol. The van der Waals surface area contributed by atoms with E-state index in [9.17, 15) is 9.59 Å². The third-order valence-electron chi connectivity index (χ3n) is 3.41. The quantitative estimate of drug-likeness (QED) is 0.782. The number of aryl methyl sites for hydroxylation is 2. The van der Waals surface area contributed by atoms with Gasteiger partial charge in [0.2, 0.25) is 0 Å². The van der Waals surface area contributed by atoms with E-state index in [2.05, 4.69) is 0 Å². The second-order valence-electron chi connectivity index (χ2n) is 4.97. The third kappa shape index (κ3) is 2.64. The van der Waals surface area contributed by atoms with Crippen LogP contribution < -0.4 is 0 Å². The van der Waals surface area contributed by atoms with Gasteiger partial charge in [0.15, 0.2) is 0 Å². The van der Waals surface area contributed by atoms with Gasteiger partial charge in [0.05, 0.1) is 12.7 Å². The van der Waals surface area contributed by atoms with E-state index in [1.807, 2.05) is 0 Å². The lowest BCUT2D eigenvalue weighted by Gasteiger charge is -2.27. The highest BCUT2D eigenvalue weighted by Crippen LogP contribution is 2.31. The molecule has 1 atom stereocenters.